The molecule has 2 aromatic heterocycles. The van der Waals surface area contributed by atoms with Gasteiger partial charge >= 0.3 is 0 Å². The third-order valence-corrected chi connectivity index (χ3v) is 2.62. The fourth-order valence-electron chi connectivity index (χ4n) is 1.14. The first-order chi connectivity index (χ1) is 5.86. The van der Waals surface area contributed by atoms with Crippen molar-refractivity contribution in [2.24, 2.45) is 0 Å². The smallest absolute Gasteiger partial charge is 0.0379 e. The summed E-state index contributed by atoms with van der Waals surface area (Å²) in [5.74, 6) is 0. The van der Waals surface area contributed by atoms with Crippen LogP contribution in [0.2, 0.25) is 0 Å². The maximum Gasteiger partial charge on any atom is 0.0379 e. The highest BCUT2D eigenvalue weighted by Gasteiger charge is 1.97. The molecule has 0 aliphatic rings. The van der Waals surface area contributed by atoms with E-state index in [0.717, 1.165) is 5.69 Å². The SMILES string of the molecule is Cc1cc(-c2cccs2)ccn1. The first-order valence-electron chi connectivity index (χ1n) is 3.83. The molecule has 0 atom stereocenters. The van der Waals surface area contributed by atoms with Gasteiger partial charge in [0.05, 0.1) is 0 Å². The average molecular weight is 175 g/mol. The van der Waals surface area contributed by atoms with E-state index in [2.05, 4.69) is 28.6 Å². The normalized spacial score (nSPS) is 10.1. The molecule has 0 spiro atoms. The molecule has 0 aromatic carbocycles. The summed E-state index contributed by atoms with van der Waals surface area (Å²) < 4.78 is 0. The summed E-state index contributed by atoms with van der Waals surface area (Å²) >= 11 is 1.76. The van der Waals surface area contributed by atoms with Crippen molar-refractivity contribution in [3.63, 3.8) is 0 Å². The second kappa shape index (κ2) is 3.07. The second-order valence-corrected chi connectivity index (χ2v) is 3.61. The van der Waals surface area contributed by atoms with Gasteiger partial charge < -0.3 is 0 Å². The number of thiophene rings is 1. The Morgan fingerprint density at radius 2 is 2.25 bits per heavy atom. The molecule has 0 aliphatic heterocycles. The van der Waals surface area contributed by atoms with Crippen molar-refractivity contribution < 1.29 is 0 Å². The van der Waals surface area contributed by atoms with Crippen molar-refractivity contribution in [2.45, 2.75) is 6.92 Å². The van der Waals surface area contributed by atoms with Crippen LogP contribution in [0.1, 0.15) is 5.69 Å². The van der Waals surface area contributed by atoms with Crippen molar-refractivity contribution in [1.82, 2.24) is 4.98 Å². The molecule has 2 heterocycles. The van der Waals surface area contributed by atoms with Crippen LogP contribution in [0.15, 0.2) is 35.8 Å². The highest BCUT2D eigenvalue weighted by molar-refractivity contribution is 7.13. The highest BCUT2D eigenvalue weighted by atomic mass is 32.1. The van der Waals surface area contributed by atoms with Crippen LogP contribution in [-0.4, -0.2) is 4.98 Å². The van der Waals surface area contributed by atoms with E-state index in [9.17, 15) is 0 Å². The Morgan fingerprint density at radius 1 is 1.33 bits per heavy atom. The Bertz CT molecular complexity index is 365. The molecule has 0 amide bonds. The fourth-order valence-corrected chi connectivity index (χ4v) is 1.87. The van der Waals surface area contributed by atoms with Gasteiger partial charge in [0.25, 0.3) is 0 Å². The van der Waals surface area contributed by atoms with Crippen LogP contribution in [0.4, 0.5) is 0 Å². The van der Waals surface area contributed by atoms with E-state index in [1.54, 1.807) is 11.3 Å². The van der Waals surface area contributed by atoms with Crippen molar-refractivity contribution >= 4 is 11.3 Å². The molecule has 12 heavy (non-hydrogen) atoms. The molecular weight excluding hydrogens is 166 g/mol. The summed E-state index contributed by atoms with van der Waals surface area (Å²) in [5.41, 5.74) is 2.33. The van der Waals surface area contributed by atoms with E-state index in [1.807, 2.05) is 19.2 Å². The van der Waals surface area contributed by atoms with Gasteiger partial charge in [-0.2, -0.15) is 0 Å². The van der Waals surface area contributed by atoms with Gasteiger partial charge in [-0.3, -0.25) is 4.98 Å². The summed E-state index contributed by atoms with van der Waals surface area (Å²) in [6.45, 7) is 2.01. The summed E-state index contributed by atoms with van der Waals surface area (Å²) in [4.78, 5) is 5.46. The van der Waals surface area contributed by atoms with E-state index in [-0.39, 0.29) is 0 Å². The molecule has 2 aromatic rings. The molecule has 0 fully saturated rings. The van der Waals surface area contributed by atoms with E-state index in [1.165, 1.54) is 10.4 Å². The van der Waals surface area contributed by atoms with Crippen molar-refractivity contribution in [3.8, 4) is 10.4 Å². The van der Waals surface area contributed by atoms with Crippen LogP contribution in [0.25, 0.3) is 10.4 Å². The monoisotopic (exact) mass is 175 g/mol. The van der Waals surface area contributed by atoms with Crippen LogP contribution in [0.3, 0.4) is 0 Å². The van der Waals surface area contributed by atoms with Crippen molar-refractivity contribution in [1.29, 1.82) is 0 Å². The van der Waals surface area contributed by atoms with Gasteiger partial charge in [-0.25, -0.2) is 0 Å². The largest absolute Gasteiger partial charge is 0.262 e. The Hall–Kier alpha value is -1.15. The van der Waals surface area contributed by atoms with Crippen LogP contribution >= 0.6 is 11.3 Å². The predicted octanol–water partition coefficient (Wildman–Crippen LogP) is 3.12. The Balaban J connectivity index is 2.48. The van der Waals surface area contributed by atoms with Crippen molar-refractivity contribution in [2.75, 3.05) is 0 Å². The second-order valence-electron chi connectivity index (χ2n) is 2.66. The van der Waals surface area contributed by atoms with E-state index in [0.29, 0.717) is 0 Å². The van der Waals surface area contributed by atoms with Gasteiger partial charge in [0.15, 0.2) is 0 Å². The minimum atomic E-state index is 1.07. The van der Waals surface area contributed by atoms with E-state index >= 15 is 0 Å². The summed E-state index contributed by atoms with van der Waals surface area (Å²) in [7, 11) is 0. The summed E-state index contributed by atoms with van der Waals surface area (Å²) in [6.07, 6.45) is 1.85. The minimum Gasteiger partial charge on any atom is -0.262 e. The maximum absolute atomic E-state index is 4.15. The Labute approximate surface area is 75.7 Å². The van der Waals surface area contributed by atoms with Crippen LogP contribution in [0, 0.1) is 6.92 Å². The molecule has 0 unspecified atom stereocenters. The number of hydrogen-bond acceptors (Lipinski definition) is 2. The lowest BCUT2D eigenvalue weighted by Gasteiger charge is -1.96. The molecule has 0 radical (unpaired) electrons. The number of aryl methyl sites for hydroxylation is 1. The molecule has 1 nitrogen and oxygen atoms in total. The number of hydrogen-bond donors (Lipinski definition) is 0. The number of aromatic nitrogens is 1. The molecule has 0 saturated carbocycles. The first-order valence-corrected chi connectivity index (χ1v) is 4.71. The van der Waals surface area contributed by atoms with Crippen molar-refractivity contribution in [3.05, 3.63) is 41.5 Å². The molecule has 0 aliphatic carbocycles. The molecule has 0 bridgehead atoms. The Kier molecular flexibility index (Phi) is 1.92. The molecule has 60 valence electrons. The lowest BCUT2D eigenvalue weighted by atomic mass is 10.2. The maximum atomic E-state index is 4.15. The molecular formula is C10H9NS. The zero-order valence-electron chi connectivity index (χ0n) is 6.82. The lowest BCUT2D eigenvalue weighted by molar-refractivity contribution is 1.20. The highest BCUT2D eigenvalue weighted by Crippen LogP contribution is 2.23. The van der Waals surface area contributed by atoms with Gasteiger partial charge in [0.2, 0.25) is 0 Å². The molecule has 2 heteroatoms. The zero-order valence-corrected chi connectivity index (χ0v) is 7.64. The van der Waals surface area contributed by atoms with Crippen LogP contribution in [-0.2, 0) is 0 Å². The topological polar surface area (TPSA) is 12.9 Å². The van der Waals surface area contributed by atoms with Gasteiger partial charge in [-0.15, -0.1) is 11.3 Å². The lowest BCUT2D eigenvalue weighted by Crippen LogP contribution is -1.79. The predicted molar refractivity (Wildman–Crippen MR) is 52.3 cm³/mol. The molecule has 2 rings (SSSR count). The fraction of sp³-hybridized carbons (Fsp3) is 0.100. The number of pyridine rings is 1. The van der Waals surface area contributed by atoms with E-state index < -0.39 is 0 Å². The number of nitrogens with zero attached hydrogens (tertiary/aromatic N) is 1. The Morgan fingerprint density at radius 3 is 2.92 bits per heavy atom. The molecule has 0 saturated heterocycles. The third kappa shape index (κ3) is 1.38. The summed E-state index contributed by atoms with van der Waals surface area (Å²) in [6, 6.07) is 8.33. The zero-order chi connectivity index (χ0) is 8.39. The standard InChI is InChI=1S/C10H9NS/c1-8-7-9(4-5-11-8)10-3-2-6-12-10/h2-7H,1H3. The molecule has 0 N–H and O–H groups in total. The number of rotatable bonds is 1. The first kappa shape index (κ1) is 7.50. The van der Waals surface area contributed by atoms with Crippen LogP contribution in [0.5, 0.6) is 0 Å². The minimum absolute atomic E-state index is 1.07. The van der Waals surface area contributed by atoms with Crippen LogP contribution < -0.4 is 0 Å². The van der Waals surface area contributed by atoms with Gasteiger partial charge in [0.1, 0.15) is 0 Å². The third-order valence-electron chi connectivity index (χ3n) is 1.70. The quantitative estimate of drug-likeness (QED) is 0.649. The van der Waals surface area contributed by atoms with E-state index in [4.69, 9.17) is 0 Å². The van der Waals surface area contributed by atoms with Gasteiger partial charge in [0, 0.05) is 16.8 Å². The van der Waals surface area contributed by atoms with Gasteiger partial charge in [-0.1, -0.05) is 6.07 Å². The summed E-state index contributed by atoms with van der Waals surface area (Å²) in [5, 5.41) is 2.09. The van der Waals surface area contributed by atoms with Gasteiger partial charge in [-0.05, 0) is 36.1 Å². The average Bonchev–Trinajstić information content (AvgIpc) is 2.56.